The van der Waals surface area contributed by atoms with Crippen molar-refractivity contribution in [1.82, 2.24) is 0 Å². The third-order valence-electron chi connectivity index (χ3n) is 4.91. The van der Waals surface area contributed by atoms with E-state index in [9.17, 15) is 8.42 Å². The van der Waals surface area contributed by atoms with E-state index in [1.54, 1.807) is 0 Å². The summed E-state index contributed by atoms with van der Waals surface area (Å²) in [5.74, 6) is 0. The third kappa shape index (κ3) is 2.41. The molecule has 22 heavy (non-hydrogen) atoms. The number of hydrogen-bond acceptors (Lipinski definition) is 4. The van der Waals surface area contributed by atoms with Gasteiger partial charge >= 0.3 is 0 Å². The van der Waals surface area contributed by atoms with E-state index in [0.717, 1.165) is 30.4 Å². The van der Waals surface area contributed by atoms with Crippen LogP contribution in [0.4, 0.5) is 0 Å². The van der Waals surface area contributed by atoms with Crippen molar-refractivity contribution in [3.63, 3.8) is 0 Å². The SMILES string of the molecule is O=S1(=O)C2C=C(c3ccc(C4OCCO4)cc3)CC1CCC2. The Morgan fingerprint density at radius 1 is 1.00 bits per heavy atom. The van der Waals surface area contributed by atoms with Crippen LogP contribution in [0.2, 0.25) is 0 Å². The van der Waals surface area contributed by atoms with Gasteiger partial charge in [-0.2, -0.15) is 0 Å². The molecule has 2 unspecified atom stereocenters. The molecule has 5 heteroatoms. The molecular weight excluding hydrogens is 300 g/mol. The number of rotatable bonds is 2. The Bertz CT molecular complexity index is 684. The number of hydrogen-bond donors (Lipinski definition) is 0. The second-order valence-electron chi connectivity index (χ2n) is 6.27. The lowest BCUT2D eigenvalue weighted by Crippen LogP contribution is -2.38. The molecule has 2 fully saturated rings. The van der Waals surface area contributed by atoms with E-state index in [-0.39, 0.29) is 16.8 Å². The minimum absolute atomic E-state index is 0.188. The fraction of sp³-hybridized carbons (Fsp3) is 0.529. The van der Waals surface area contributed by atoms with Gasteiger partial charge < -0.3 is 9.47 Å². The van der Waals surface area contributed by atoms with Crippen molar-refractivity contribution in [1.29, 1.82) is 0 Å². The zero-order chi connectivity index (χ0) is 15.2. The Hall–Kier alpha value is -1.17. The Morgan fingerprint density at radius 3 is 2.41 bits per heavy atom. The molecule has 0 amide bonds. The summed E-state index contributed by atoms with van der Waals surface area (Å²) in [6, 6.07) is 8.15. The van der Waals surface area contributed by atoms with E-state index in [2.05, 4.69) is 12.1 Å². The van der Waals surface area contributed by atoms with Crippen molar-refractivity contribution < 1.29 is 17.9 Å². The van der Waals surface area contributed by atoms with Crippen LogP contribution in [0, 0.1) is 0 Å². The van der Waals surface area contributed by atoms with Gasteiger partial charge in [-0.3, -0.25) is 0 Å². The Kier molecular flexibility index (Phi) is 3.59. The van der Waals surface area contributed by atoms with Gasteiger partial charge in [0.15, 0.2) is 16.1 Å². The van der Waals surface area contributed by atoms with Gasteiger partial charge in [-0.05, 0) is 30.4 Å². The number of benzene rings is 1. The molecule has 2 atom stereocenters. The van der Waals surface area contributed by atoms with Crippen molar-refractivity contribution >= 4 is 15.4 Å². The molecule has 0 spiro atoms. The maximum atomic E-state index is 12.3. The van der Waals surface area contributed by atoms with E-state index >= 15 is 0 Å². The Morgan fingerprint density at radius 2 is 1.73 bits per heavy atom. The summed E-state index contributed by atoms with van der Waals surface area (Å²) in [6.45, 7) is 1.28. The van der Waals surface area contributed by atoms with E-state index in [1.165, 1.54) is 5.57 Å². The minimum atomic E-state index is -2.94. The molecule has 2 saturated heterocycles. The van der Waals surface area contributed by atoms with E-state index in [4.69, 9.17) is 9.47 Å². The van der Waals surface area contributed by atoms with Crippen molar-refractivity contribution in [2.75, 3.05) is 13.2 Å². The molecular formula is C17H20O4S. The van der Waals surface area contributed by atoms with Crippen LogP contribution in [0.15, 0.2) is 30.3 Å². The lowest BCUT2D eigenvalue weighted by molar-refractivity contribution is -0.0441. The maximum absolute atomic E-state index is 12.3. The van der Waals surface area contributed by atoms with Gasteiger partial charge in [0.05, 0.1) is 23.7 Å². The fourth-order valence-electron chi connectivity index (χ4n) is 3.68. The van der Waals surface area contributed by atoms with Gasteiger partial charge in [-0.1, -0.05) is 36.8 Å². The molecule has 4 nitrogen and oxygen atoms in total. The molecule has 4 rings (SSSR count). The number of ether oxygens (including phenoxy) is 2. The van der Waals surface area contributed by atoms with Gasteiger partial charge in [0.2, 0.25) is 0 Å². The van der Waals surface area contributed by atoms with Gasteiger partial charge in [0.25, 0.3) is 0 Å². The summed E-state index contributed by atoms with van der Waals surface area (Å²) in [5.41, 5.74) is 3.31. The van der Waals surface area contributed by atoms with Crippen LogP contribution >= 0.6 is 0 Å². The second-order valence-corrected chi connectivity index (χ2v) is 8.72. The highest BCUT2D eigenvalue weighted by Gasteiger charge is 2.40. The van der Waals surface area contributed by atoms with Crippen LogP contribution in [0.5, 0.6) is 0 Å². The van der Waals surface area contributed by atoms with Crippen LogP contribution in [0.3, 0.4) is 0 Å². The summed E-state index contributed by atoms with van der Waals surface area (Å²) in [4.78, 5) is 0. The second kappa shape index (κ2) is 5.48. The molecule has 2 bridgehead atoms. The molecule has 0 aromatic heterocycles. The lowest BCUT2D eigenvalue weighted by Gasteiger charge is -2.33. The van der Waals surface area contributed by atoms with Crippen molar-refractivity contribution in [3.05, 3.63) is 41.5 Å². The monoisotopic (exact) mass is 320 g/mol. The first kappa shape index (κ1) is 14.4. The first-order valence-electron chi connectivity index (χ1n) is 7.91. The highest BCUT2D eigenvalue weighted by Crippen LogP contribution is 2.39. The molecule has 0 radical (unpaired) electrons. The predicted molar refractivity (Wildman–Crippen MR) is 84.0 cm³/mol. The summed E-state index contributed by atoms with van der Waals surface area (Å²) in [6.07, 6.45) is 4.96. The largest absolute Gasteiger partial charge is 0.346 e. The smallest absolute Gasteiger partial charge is 0.184 e. The quantitative estimate of drug-likeness (QED) is 0.841. The third-order valence-corrected chi connectivity index (χ3v) is 7.46. The number of fused-ring (bicyclic) bond motifs is 2. The number of sulfone groups is 1. The molecule has 0 saturated carbocycles. The van der Waals surface area contributed by atoms with Crippen LogP contribution in [-0.2, 0) is 19.3 Å². The average molecular weight is 320 g/mol. The Balaban J connectivity index is 1.61. The van der Waals surface area contributed by atoms with Gasteiger partial charge in [-0.15, -0.1) is 0 Å². The summed E-state index contributed by atoms with van der Waals surface area (Å²) >= 11 is 0. The number of allylic oxidation sites excluding steroid dienone is 1. The zero-order valence-electron chi connectivity index (χ0n) is 12.4. The van der Waals surface area contributed by atoms with Crippen molar-refractivity contribution in [2.24, 2.45) is 0 Å². The molecule has 3 aliphatic heterocycles. The first-order valence-corrected chi connectivity index (χ1v) is 9.52. The van der Waals surface area contributed by atoms with Crippen molar-refractivity contribution in [3.8, 4) is 0 Å². The Labute approximate surface area is 131 Å². The van der Waals surface area contributed by atoms with E-state index in [0.29, 0.717) is 19.6 Å². The predicted octanol–water partition coefficient (Wildman–Crippen LogP) is 2.86. The van der Waals surface area contributed by atoms with Gasteiger partial charge in [0, 0.05) is 5.56 Å². The van der Waals surface area contributed by atoms with E-state index < -0.39 is 9.84 Å². The van der Waals surface area contributed by atoms with Crippen molar-refractivity contribution in [2.45, 2.75) is 42.5 Å². The van der Waals surface area contributed by atoms with Crippen LogP contribution in [0.1, 0.15) is 43.1 Å². The van der Waals surface area contributed by atoms with Gasteiger partial charge in [0.1, 0.15) is 0 Å². The maximum Gasteiger partial charge on any atom is 0.184 e. The summed E-state index contributed by atoms with van der Waals surface area (Å²) in [7, 11) is -2.94. The summed E-state index contributed by atoms with van der Waals surface area (Å²) < 4.78 is 35.6. The standard InChI is InChI=1S/C17H20O4S/c18-22(19)15-2-1-3-16(22)11-14(10-15)12-4-6-13(7-5-12)17-20-8-9-21-17/h4-7,10,15-17H,1-3,8-9,11H2. The zero-order valence-corrected chi connectivity index (χ0v) is 13.2. The van der Waals surface area contributed by atoms with Crippen LogP contribution in [-0.4, -0.2) is 32.1 Å². The highest BCUT2D eigenvalue weighted by molar-refractivity contribution is 7.93. The molecule has 0 aliphatic carbocycles. The highest BCUT2D eigenvalue weighted by atomic mass is 32.2. The molecule has 118 valence electrons. The molecule has 0 N–H and O–H groups in total. The molecule has 1 aromatic carbocycles. The normalized spacial score (nSPS) is 31.0. The van der Waals surface area contributed by atoms with Crippen LogP contribution < -0.4 is 0 Å². The molecule has 3 aliphatic rings. The van der Waals surface area contributed by atoms with Gasteiger partial charge in [-0.25, -0.2) is 8.42 Å². The van der Waals surface area contributed by atoms with Crippen LogP contribution in [0.25, 0.3) is 5.57 Å². The summed E-state index contributed by atoms with van der Waals surface area (Å²) in [5, 5.41) is -0.469. The average Bonchev–Trinajstić information content (AvgIpc) is 3.00. The van der Waals surface area contributed by atoms with E-state index in [1.807, 2.05) is 18.2 Å². The minimum Gasteiger partial charge on any atom is -0.346 e. The lowest BCUT2D eigenvalue weighted by atomic mass is 9.93. The molecule has 1 aromatic rings. The molecule has 3 heterocycles. The fourth-order valence-corrected chi connectivity index (χ4v) is 5.93. The first-order chi connectivity index (χ1) is 10.6. The topological polar surface area (TPSA) is 52.6 Å².